The maximum atomic E-state index is 6.93. The third kappa shape index (κ3) is 4.03. The Morgan fingerprint density at radius 1 is 1.21 bits per heavy atom. The first-order valence-electron chi connectivity index (χ1n) is 4.67. The molecular weight excluding hydrogens is 242 g/mol. The zero-order valence-electron chi connectivity index (χ0n) is 8.00. The molecule has 0 bridgehead atoms. The van der Waals surface area contributed by atoms with Crippen molar-refractivity contribution in [2.45, 2.75) is 12.8 Å². The number of rotatable bonds is 1. The fraction of sp³-hybridized carbons (Fsp3) is 0.364. The Balaban J connectivity index is 0.000000165. The van der Waals surface area contributed by atoms with Crippen LogP contribution in [0.2, 0.25) is 0 Å². The van der Waals surface area contributed by atoms with Gasteiger partial charge in [-0.1, -0.05) is 34.1 Å². The highest BCUT2D eigenvalue weighted by Gasteiger charge is 1.94. The number of hydrogen-bond donors (Lipinski definition) is 1. The van der Waals surface area contributed by atoms with Crippen molar-refractivity contribution in [3.8, 4) is 0 Å². The van der Waals surface area contributed by atoms with Gasteiger partial charge >= 0.3 is 0 Å². The van der Waals surface area contributed by atoms with Crippen LogP contribution in [0.1, 0.15) is 18.4 Å². The highest BCUT2D eigenvalue weighted by Crippen LogP contribution is 2.12. The van der Waals surface area contributed by atoms with Gasteiger partial charge in [-0.15, -0.1) is 0 Å². The van der Waals surface area contributed by atoms with E-state index in [4.69, 9.17) is 10.1 Å². The summed E-state index contributed by atoms with van der Waals surface area (Å²) in [5.74, 6) is 0. The van der Waals surface area contributed by atoms with Gasteiger partial charge in [-0.05, 0) is 18.9 Å². The predicted molar refractivity (Wildman–Crippen MR) is 62.1 cm³/mol. The van der Waals surface area contributed by atoms with E-state index in [2.05, 4.69) is 15.9 Å². The molecule has 0 radical (unpaired) electrons. The van der Waals surface area contributed by atoms with Crippen LogP contribution in [0.3, 0.4) is 0 Å². The van der Waals surface area contributed by atoms with Crippen molar-refractivity contribution in [3.05, 3.63) is 34.3 Å². The monoisotopic (exact) mass is 255 g/mol. The minimum Gasteiger partial charge on any atom is -0.381 e. The van der Waals surface area contributed by atoms with E-state index >= 15 is 0 Å². The van der Waals surface area contributed by atoms with Gasteiger partial charge in [0.25, 0.3) is 0 Å². The molecule has 1 aromatic rings. The van der Waals surface area contributed by atoms with E-state index in [1.165, 1.54) is 19.1 Å². The topological polar surface area (TPSA) is 33.1 Å². The lowest BCUT2D eigenvalue weighted by molar-refractivity contribution is 0.198. The van der Waals surface area contributed by atoms with Crippen LogP contribution in [-0.4, -0.2) is 19.4 Å². The Bertz CT molecular complexity index is 277. The van der Waals surface area contributed by atoms with Crippen molar-refractivity contribution in [3.63, 3.8) is 0 Å². The lowest BCUT2D eigenvalue weighted by Crippen LogP contribution is -1.78. The standard InChI is InChI=1S/C7H6BrN.C4H8O/c8-7-4-2-1-3-6(7)5-9;1-2-4-5-3-1/h1-5,9H;1-4H2. The van der Waals surface area contributed by atoms with Gasteiger partial charge in [-0.2, -0.15) is 0 Å². The fourth-order valence-electron chi connectivity index (χ4n) is 1.10. The average molecular weight is 256 g/mol. The van der Waals surface area contributed by atoms with E-state index in [1.807, 2.05) is 24.3 Å². The molecule has 1 aliphatic rings. The van der Waals surface area contributed by atoms with Gasteiger partial charge in [0.05, 0.1) is 0 Å². The van der Waals surface area contributed by atoms with Gasteiger partial charge in [0, 0.05) is 29.5 Å². The molecule has 3 heteroatoms. The lowest BCUT2D eigenvalue weighted by atomic mass is 10.2. The minimum atomic E-state index is 0.914. The van der Waals surface area contributed by atoms with Crippen LogP contribution in [-0.2, 0) is 4.74 Å². The Labute approximate surface area is 92.9 Å². The Morgan fingerprint density at radius 2 is 1.86 bits per heavy atom. The van der Waals surface area contributed by atoms with Crippen LogP contribution in [0.4, 0.5) is 0 Å². The number of benzene rings is 1. The molecule has 0 atom stereocenters. The van der Waals surface area contributed by atoms with Crippen molar-refractivity contribution in [1.82, 2.24) is 0 Å². The van der Waals surface area contributed by atoms with Crippen molar-refractivity contribution < 1.29 is 4.74 Å². The molecule has 1 aromatic carbocycles. The van der Waals surface area contributed by atoms with Gasteiger partial charge in [0.1, 0.15) is 0 Å². The summed E-state index contributed by atoms with van der Waals surface area (Å²) in [6.45, 7) is 2.00. The molecule has 2 rings (SSSR count). The number of hydrogen-bond acceptors (Lipinski definition) is 2. The second-order valence-corrected chi connectivity index (χ2v) is 3.84. The number of halogens is 1. The molecule has 1 heterocycles. The summed E-state index contributed by atoms with van der Waals surface area (Å²) in [6, 6.07) is 7.64. The third-order valence-corrected chi connectivity index (χ3v) is 2.61. The summed E-state index contributed by atoms with van der Waals surface area (Å²) >= 11 is 3.31. The van der Waals surface area contributed by atoms with E-state index in [0.717, 1.165) is 23.2 Å². The molecule has 1 aliphatic heterocycles. The van der Waals surface area contributed by atoms with Gasteiger partial charge in [0.2, 0.25) is 0 Å². The first-order chi connectivity index (χ1) is 6.84. The second-order valence-electron chi connectivity index (χ2n) is 2.99. The first kappa shape index (κ1) is 11.4. The molecule has 0 spiro atoms. The number of nitrogens with one attached hydrogen (secondary N) is 1. The van der Waals surface area contributed by atoms with Crippen molar-refractivity contribution in [2.75, 3.05) is 13.2 Å². The van der Waals surface area contributed by atoms with Crippen molar-refractivity contribution in [1.29, 1.82) is 5.41 Å². The second kappa shape index (κ2) is 6.74. The quantitative estimate of drug-likeness (QED) is 0.769. The molecule has 0 aromatic heterocycles. The van der Waals surface area contributed by atoms with E-state index in [0.29, 0.717) is 0 Å². The van der Waals surface area contributed by atoms with E-state index < -0.39 is 0 Å². The highest BCUT2D eigenvalue weighted by atomic mass is 79.9. The first-order valence-corrected chi connectivity index (χ1v) is 5.46. The molecule has 76 valence electrons. The van der Waals surface area contributed by atoms with Crippen LogP contribution in [0, 0.1) is 5.41 Å². The molecular formula is C11H14BrNO. The zero-order chi connectivity index (χ0) is 10.2. The van der Waals surface area contributed by atoms with E-state index in [-0.39, 0.29) is 0 Å². The van der Waals surface area contributed by atoms with Gasteiger partial charge < -0.3 is 10.1 Å². The lowest BCUT2D eigenvalue weighted by Gasteiger charge is -1.92. The Morgan fingerprint density at radius 3 is 2.21 bits per heavy atom. The van der Waals surface area contributed by atoms with Crippen LogP contribution >= 0.6 is 15.9 Å². The summed E-state index contributed by atoms with van der Waals surface area (Å²) in [7, 11) is 0. The Hall–Kier alpha value is -0.670. The summed E-state index contributed by atoms with van der Waals surface area (Å²) < 4.78 is 5.92. The highest BCUT2D eigenvalue weighted by molar-refractivity contribution is 9.10. The normalized spacial score (nSPS) is 14.4. The molecule has 1 fully saturated rings. The predicted octanol–water partition coefficient (Wildman–Crippen LogP) is 3.24. The summed E-state index contributed by atoms with van der Waals surface area (Å²) in [5, 5.41) is 6.93. The van der Waals surface area contributed by atoms with E-state index in [1.54, 1.807) is 0 Å². The molecule has 14 heavy (non-hydrogen) atoms. The zero-order valence-corrected chi connectivity index (χ0v) is 9.59. The summed E-state index contributed by atoms with van der Waals surface area (Å²) in [4.78, 5) is 0. The van der Waals surface area contributed by atoms with Crippen LogP contribution in [0.15, 0.2) is 28.7 Å². The van der Waals surface area contributed by atoms with Crippen LogP contribution < -0.4 is 0 Å². The molecule has 0 aliphatic carbocycles. The fourth-order valence-corrected chi connectivity index (χ4v) is 1.50. The van der Waals surface area contributed by atoms with Gasteiger partial charge in [0.15, 0.2) is 0 Å². The molecule has 1 N–H and O–H groups in total. The van der Waals surface area contributed by atoms with Gasteiger partial charge in [-0.3, -0.25) is 0 Å². The maximum Gasteiger partial charge on any atom is 0.0466 e. The summed E-state index contributed by atoms with van der Waals surface area (Å²) in [5.41, 5.74) is 0.914. The molecule has 0 saturated carbocycles. The smallest absolute Gasteiger partial charge is 0.0466 e. The maximum absolute atomic E-state index is 6.93. The summed E-state index contributed by atoms with van der Waals surface area (Å²) in [6.07, 6.45) is 3.88. The van der Waals surface area contributed by atoms with Crippen LogP contribution in [0.25, 0.3) is 0 Å². The third-order valence-electron chi connectivity index (χ3n) is 1.89. The largest absolute Gasteiger partial charge is 0.381 e. The SMILES string of the molecule is C1CCOC1.N=Cc1ccccc1Br. The van der Waals surface area contributed by atoms with Crippen molar-refractivity contribution in [2.24, 2.45) is 0 Å². The van der Waals surface area contributed by atoms with Crippen molar-refractivity contribution >= 4 is 22.1 Å². The van der Waals surface area contributed by atoms with E-state index in [9.17, 15) is 0 Å². The van der Waals surface area contributed by atoms with Crippen LogP contribution in [0.5, 0.6) is 0 Å². The number of ether oxygens (including phenoxy) is 1. The Kier molecular flexibility index (Phi) is 5.49. The molecule has 1 saturated heterocycles. The minimum absolute atomic E-state index is 0.914. The average Bonchev–Trinajstić information content (AvgIpc) is 2.76. The molecule has 2 nitrogen and oxygen atoms in total. The molecule has 0 amide bonds. The van der Waals surface area contributed by atoms with Gasteiger partial charge in [-0.25, -0.2) is 0 Å². The molecule has 0 unspecified atom stereocenters.